The number of ether oxygens (including phenoxy) is 1. The Morgan fingerprint density at radius 3 is 2.72 bits per heavy atom. The molecule has 0 saturated carbocycles. The Hall–Kier alpha value is -2.92. The SMILES string of the molecule is C[C@@H](OCc1ccccc1)C(=O)Nc1cccc(Cn2ccnc2)c1. The minimum atomic E-state index is -0.530. The van der Waals surface area contributed by atoms with Gasteiger partial charge in [-0.05, 0) is 30.2 Å². The first-order valence-electron chi connectivity index (χ1n) is 8.22. The van der Waals surface area contributed by atoms with Gasteiger partial charge in [0.2, 0.25) is 0 Å². The van der Waals surface area contributed by atoms with Crippen molar-refractivity contribution in [3.63, 3.8) is 0 Å². The molecule has 1 heterocycles. The highest BCUT2D eigenvalue weighted by atomic mass is 16.5. The second-order valence-corrected chi connectivity index (χ2v) is 5.86. The van der Waals surface area contributed by atoms with Crippen molar-refractivity contribution in [1.29, 1.82) is 0 Å². The lowest BCUT2D eigenvalue weighted by Crippen LogP contribution is -2.27. The Bertz CT molecular complexity index is 801. The van der Waals surface area contributed by atoms with Crippen LogP contribution in [-0.4, -0.2) is 21.6 Å². The topological polar surface area (TPSA) is 56.1 Å². The average Bonchev–Trinajstić information content (AvgIpc) is 3.14. The summed E-state index contributed by atoms with van der Waals surface area (Å²) in [6.07, 6.45) is 4.89. The molecule has 0 aliphatic carbocycles. The Kier molecular flexibility index (Phi) is 5.59. The van der Waals surface area contributed by atoms with Gasteiger partial charge in [0.1, 0.15) is 6.10 Å². The summed E-state index contributed by atoms with van der Waals surface area (Å²) in [6, 6.07) is 17.6. The molecule has 5 nitrogen and oxygen atoms in total. The van der Waals surface area contributed by atoms with Crippen LogP contribution in [0, 0.1) is 0 Å². The maximum Gasteiger partial charge on any atom is 0.253 e. The minimum Gasteiger partial charge on any atom is -0.364 e. The van der Waals surface area contributed by atoms with Crippen LogP contribution in [0.4, 0.5) is 5.69 Å². The molecule has 2 aromatic carbocycles. The van der Waals surface area contributed by atoms with Gasteiger partial charge in [-0.25, -0.2) is 4.98 Å². The molecular formula is C20H21N3O2. The molecule has 0 aliphatic heterocycles. The van der Waals surface area contributed by atoms with Gasteiger partial charge in [-0.3, -0.25) is 4.79 Å². The summed E-state index contributed by atoms with van der Waals surface area (Å²) in [7, 11) is 0. The largest absolute Gasteiger partial charge is 0.364 e. The van der Waals surface area contributed by atoms with Crippen molar-refractivity contribution in [1.82, 2.24) is 9.55 Å². The van der Waals surface area contributed by atoms with Gasteiger partial charge in [0, 0.05) is 24.6 Å². The summed E-state index contributed by atoms with van der Waals surface area (Å²) < 4.78 is 7.63. The van der Waals surface area contributed by atoms with E-state index in [1.54, 1.807) is 19.4 Å². The van der Waals surface area contributed by atoms with Crippen LogP contribution < -0.4 is 5.32 Å². The minimum absolute atomic E-state index is 0.157. The molecule has 0 radical (unpaired) electrons. The first-order valence-corrected chi connectivity index (χ1v) is 8.22. The molecule has 0 fully saturated rings. The zero-order valence-electron chi connectivity index (χ0n) is 14.1. The third-order valence-corrected chi connectivity index (χ3v) is 3.83. The number of carbonyl (C=O) groups excluding carboxylic acids is 1. The summed E-state index contributed by atoms with van der Waals surface area (Å²) in [5, 5.41) is 2.91. The van der Waals surface area contributed by atoms with Crippen molar-refractivity contribution in [2.24, 2.45) is 0 Å². The van der Waals surface area contributed by atoms with Crippen molar-refractivity contribution >= 4 is 11.6 Å². The molecule has 0 saturated heterocycles. The van der Waals surface area contributed by atoms with Gasteiger partial charge in [0.25, 0.3) is 5.91 Å². The molecule has 25 heavy (non-hydrogen) atoms. The predicted molar refractivity (Wildman–Crippen MR) is 97.1 cm³/mol. The van der Waals surface area contributed by atoms with E-state index in [-0.39, 0.29) is 5.91 Å². The van der Waals surface area contributed by atoms with Gasteiger partial charge in [0.05, 0.1) is 12.9 Å². The number of imidazole rings is 1. The van der Waals surface area contributed by atoms with Crippen LogP contribution in [0.1, 0.15) is 18.1 Å². The van der Waals surface area contributed by atoms with Crippen LogP contribution in [0.3, 0.4) is 0 Å². The summed E-state index contributed by atoms with van der Waals surface area (Å²) in [5.41, 5.74) is 2.90. The Morgan fingerprint density at radius 2 is 1.96 bits per heavy atom. The Labute approximate surface area is 147 Å². The van der Waals surface area contributed by atoms with Crippen molar-refractivity contribution in [2.45, 2.75) is 26.2 Å². The van der Waals surface area contributed by atoms with Crippen molar-refractivity contribution in [3.05, 3.63) is 84.4 Å². The number of nitrogens with zero attached hydrogens (tertiary/aromatic N) is 2. The quantitative estimate of drug-likeness (QED) is 0.719. The van der Waals surface area contributed by atoms with E-state index in [9.17, 15) is 4.79 Å². The third-order valence-electron chi connectivity index (χ3n) is 3.83. The normalized spacial score (nSPS) is 11.9. The smallest absolute Gasteiger partial charge is 0.253 e. The van der Waals surface area contributed by atoms with Crippen LogP contribution in [0.5, 0.6) is 0 Å². The van der Waals surface area contributed by atoms with Crippen molar-refractivity contribution < 1.29 is 9.53 Å². The maximum absolute atomic E-state index is 12.3. The number of nitrogens with one attached hydrogen (secondary N) is 1. The summed E-state index contributed by atoms with van der Waals surface area (Å²) >= 11 is 0. The average molecular weight is 335 g/mol. The Balaban J connectivity index is 1.55. The number of benzene rings is 2. The van der Waals surface area contributed by atoms with Crippen molar-refractivity contribution in [3.8, 4) is 0 Å². The third kappa shape index (κ3) is 5.02. The van der Waals surface area contributed by atoms with Crippen LogP contribution in [0.25, 0.3) is 0 Å². The molecule has 5 heteroatoms. The van der Waals surface area contributed by atoms with Gasteiger partial charge >= 0.3 is 0 Å². The predicted octanol–water partition coefficient (Wildman–Crippen LogP) is 3.48. The summed E-state index contributed by atoms with van der Waals surface area (Å²) in [4.78, 5) is 16.3. The molecule has 0 bridgehead atoms. The van der Waals surface area contributed by atoms with Crippen LogP contribution in [-0.2, 0) is 22.7 Å². The molecular weight excluding hydrogens is 314 g/mol. The van der Waals surface area contributed by atoms with Crippen LogP contribution in [0.2, 0.25) is 0 Å². The number of anilines is 1. The number of amides is 1. The van der Waals surface area contributed by atoms with E-state index in [0.717, 1.165) is 16.8 Å². The van der Waals surface area contributed by atoms with Crippen molar-refractivity contribution in [2.75, 3.05) is 5.32 Å². The number of aromatic nitrogens is 2. The number of hydrogen-bond acceptors (Lipinski definition) is 3. The fourth-order valence-corrected chi connectivity index (χ4v) is 2.45. The summed E-state index contributed by atoms with van der Waals surface area (Å²) in [6.45, 7) is 2.88. The van der Waals surface area contributed by atoms with Gasteiger partial charge in [-0.1, -0.05) is 42.5 Å². The lowest BCUT2D eigenvalue weighted by molar-refractivity contribution is -0.127. The molecule has 3 aromatic rings. The molecule has 0 spiro atoms. The number of rotatable bonds is 7. The highest BCUT2D eigenvalue weighted by molar-refractivity contribution is 5.93. The van der Waals surface area contributed by atoms with E-state index in [4.69, 9.17) is 4.74 Å². The molecule has 128 valence electrons. The monoisotopic (exact) mass is 335 g/mol. The molecule has 0 unspecified atom stereocenters. The lowest BCUT2D eigenvalue weighted by Gasteiger charge is -2.14. The van der Waals surface area contributed by atoms with E-state index in [1.807, 2.05) is 65.4 Å². The molecule has 1 aromatic heterocycles. The second kappa shape index (κ2) is 8.26. The molecule has 3 rings (SSSR count). The first kappa shape index (κ1) is 16.9. The van der Waals surface area contributed by atoms with E-state index in [2.05, 4.69) is 10.3 Å². The second-order valence-electron chi connectivity index (χ2n) is 5.86. The van der Waals surface area contributed by atoms with Gasteiger partial charge in [0.15, 0.2) is 0 Å². The zero-order valence-corrected chi connectivity index (χ0v) is 14.1. The van der Waals surface area contributed by atoms with E-state index in [1.165, 1.54) is 0 Å². The summed E-state index contributed by atoms with van der Waals surface area (Å²) in [5.74, 6) is -0.157. The van der Waals surface area contributed by atoms with Gasteiger partial charge < -0.3 is 14.6 Å². The number of carbonyl (C=O) groups is 1. The molecule has 0 aliphatic rings. The molecule has 1 N–H and O–H groups in total. The fourth-order valence-electron chi connectivity index (χ4n) is 2.45. The molecule has 1 atom stereocenters. The molecule has 1 amide bonds. The zero-order chi connectivity index (χ0) is 17.5. The standard InChI is InChI=1S/C20H21N3O2/c1-16(25-14-17-6-3-2-4-7-17)20(24)22-19-9-5-8-18(12-19)13-23-11-10-21-15-23/h2-12,15-16H,13-14H2,1H3,(H,22,24)/t16-/m1/s1. The highest BCUT2D eigenvalue weighted by Crippen LogP contribution is 2.13. The van der Waals surface area contributed by atoms with Crippen LogP contribution in [0.15, 0.2) is 73.3 Å². The van der Waals surface area contributed by atoms with Gasteiger partial charge in [-0.2, -0.15) is 0 Å². The fraction of sp³-hybridized carbons (Fsp3) is 0.200. The van der Waals surface area contributed by atoms with E-state index in [0.29, 0.717) is 13.2 Å². The first-order chi connectivity index (χ1) is 12.2. The lowest BCUT2D eigenvalue weighted by atomic mass is 10.2. The maximum atomic E-state index is 12.3. The number of hydrogen-bond donors (Lipinski definition) is 1. The van der Waals surface area contributed by atoms with E-state index >= 15 is 0 Å². The Morgan fingerprint density at radius 1 is 1.16 bits per heavy atom. The van der Waals surface area contributed by atoms with E-state index < -0.39 is 6.10 Å². The van der Waals surface area contributed by atoms with Gasteiger partial charge in [-0.15, -0.1) is 0 Å². The highest BCUT2D eigenvalue weighted by Gasteiger charge is 2.13. The van der Waals surface area contributed by atoms with Crippen LogP contribution >= 0.6 is 0 Å².